The van der Waals surface area contributed by atoms with E-state index < -0.39 is 5.97 Å². The van der Waals surface area contributed by atoms with E-state index in [1.54, 1.807) is 4.90 Å². The van der Waals surface area contributed by atoms with Gasteiger partial charge in [-0.3, -0.25) is 9.59 Å². The molecule has 0 aromatic rings. The zero-order valence-corrected chi connectivity index (χ0v) is 12.6. The summed E-state index contributed by atoms with van der Waals surface area (Å²) < 4.78 is 5.32. The maximum atomic E-state index is 12.1. The molecule has 1 amide bonds. The van der Waals surface area contributed by atoms with Gasteiger partial charge in [0.2, 0.25) is 5.91 Å². The molecule has 5 heteroatoms. The Morgan fingerprint density at radius 3 is 2.45 bits per heavy atom. The molecule has 0 spiro atoms. The quantitative estimate of drug-likeness (QED) is 0.743. The van der Waals surface area contributed by atoms with E-state index in [4.69, 9.17) is 9.84 Å². The first-order valence-electron chi connectivity index (χ1n) is 7.59. The average Bonchev–Trinajstić information content (AvgIpc) is 2.39. The summed E-state index contributed by atoms with van der Waals surface area (Å²) in [6.45, 7) is 5.85. The van der Waals surface area contributed by atoms with Gasteiger partial charge in [0.05, 0.1) is 6.42 Å². The molecule has 1 heterocycles. The maximum Gasteiger partial charge on any atom is 0.305 e. The molecule has 1 N–H and O–H groups in total. The van der Waals surface area contributed by atoms with Crippen molar-refractivity contribution in [3.8, 4) is 0 Å². The van der Waals surface area contributed by atoms with Gasteiger partial charge in [-0.1, -0.05) is 0 Å². The number of carboxylic acid groups (broad SMARTS) is 1. The Labute approximate surface area is 121 Å². The Morgan fingerprint density at radius 2 is 1.90 bits per heavy atom. The number of amides is 1. The average molecular weight is 285 g/mol. The molecule has 0 saturated carbocycles. The van der Waals surface area contributed by atoms with Crippen molar-refractivity contribution in [3.05, 3.63) is 0 Å². The first-order valence-corrected chi connectivity index (χ1v) is 7.59. The number of aliphatic carboxylic acids is 1. The minimum atomic E-state index is -0.856. The maximum absolute atomic E-state index is 12.1. The number of hydrogen-bond donors (Lipinski definition) is 1. The Hall–Kier alpha value is -1.10. The lowest BCUT2D eigenvalue weighted by molar-refractivity contribution is -0.139. The Kier molecular flexibility index (Phi) is 7.59. The molecule has 0 unspecified atom stereocenters. The van der Waals surface area contributed by atoms with E-state index in [1.165, 1.54) is 0 Å². The van der Waals surface area contributed by atoms with E-state index in [2.05, 4.69) is 0 Å². The fraction of sp³-hybridized carbons (Fsp3) is 0.867. The first-order chi connectivity index (χ1) is 9.50. The minimum absolute atomic E-state index is 0.0177. The predicted molar refractivity (Wildman–Crippen MR) is 76.5 cm³/mol. The highest BCUT2D eigenvalue weighted by atomic mass is 16.5. The number of carbonyl (C=O) groups is 2. The van der Waals surface area contributed by atoms with E-state index in [-0.39, 0.29) is 18.4 Å². The number of carboxylic acids is 1. The van der Waals surface area contributed by atoms with Gasteiger partial charge in [-0.25, -0.2) is 0 Å². The van der Waals surface area contributed by atoms with Crippen LogP contribution >= 0.6 is 0 Å². The van der Waals surface area contributed by atoms with Crippen molar-refractivity contribution in [2.24, 2.45) is 5.92 Å². The third-order valence-corrected chi connectivity index (χ3v) is 3.85. The molecular weight excluding hydrogens is 258 g/mol. The van der Waals surface area contributed by atoms with Crippen LogP contribution in [0.25, 0.3) is 0 Å². The van der Waals surface area contributed by atoms with Crippen LogP contribution in [-0.4, -0.2) is 47.7 Å². The second-order valence-corrected chi connectivity index (χ2v) is 5.77. The van der Waals surface area contributed by atoms with Crippen LogP contribution < -0.4 is 0 Å². The topological polar surface area (TPSA) is 66.8 Å². The number of carbonyl (C=O) groups excluding carboxylic acids is 1. The number of hydrogen-bond acceptors (Lipinski definition) is 3. The first kappa shape index (κ1) is 17.0. The molecule has 0 aliphatic carbocycles. The van der Waals surface area contributed by atoms with Crippen LogP contribution in [0.4, 0.5) is 0 Å². The summed E-state index contributed by atoms with van der Waals surface area (Å²) in [5, 5.41) is 8.72. The van der Waals surface area contributed by atoms with Crippen molar-refractivity contribution in [1.29, 1.82) is 0 Å². The van der Waals surface area contributed by atoms with Gasteiger partial charge in [-0.2, -0.15) is 0 Å². The highest BCUT2D eigenvalue weighted by Crippen LogP contribution is 2.21. The van der Waals surface area contributed by atoms with Crippen molar-refractivity contribution in [2.75, 3.05) is 19.8 Å². The van der Waals surface area contributed by atoms with Crippen LogP contribution in [0.5, 0.6) is 0 Å². The zero-order valence-electron chi connectivity index (χ0n) is 12.6. The summed E-state index contributed by atoms with van der Waals surface area (Å²) in [6.07, 6.45) is 4.70. The van der Waals surface area contributed by atoms with Gasteiger partial charge in [0.25, 0.3) is 0 Å². The fourth-order valence-electron chi connectivity index (χ4n) is 2.61. The SMILES string of the molecule is CC(C)N(CCC(=O)O)C(=O)CCCC1CCOCC1. The van der Waals surface area contributed by atoms with Gasteiger partial charge < -0.3 is 14.7 Å². The van der Waals surface area contributed by atoms with Crippen LogP contribution in [0.15, 0.2) is 0 Å². The second kappa shape index (κ2) is 8.95. The van der Waals surface area contributed by atoms with Crippen LogP contribution in [-0.2, 0) is 14.3 Å². The molecule has 0 radical (unpaired) electrons. The Bertz CT molecular complexity index is 311. The Morgan fingerprint density at radius 1 is 1.25 bits per heavy atom. The molecule has 1 saturated heterocycles. The van der Waals surface area contributed by atoms with Gasteiger partial charge in [0.15, 0.2) is 0 Å². The molecule has 0 bridgehead atoms. The molecule has 1 aliphatic heterocycles. The lowest BCUT2D eigenvalue weighted by atomic mass is 9.94. The van der Waals surface area contributed by atoms with Crippen LogP contribution in [0.3, 0.4) is 0 Å². The normalized spacial score (nSPS) is 16.4. The second-order valence-electron chi connectivity index (χ2n) is 5.77. The number of rotatable bonds is 8. The minimum Gasteiger partial charge on any atom is -0.481 e. The number of ether oxygens (including phenoxy) is 1. The predicted octanol–water partition coefficient (Wildman–Crippen LogP) is 2.29. The summed E-state index contributed by atoms with van der Waals surface area (Å²) in [7, 11) is 0. The molecule has 0 aromatic heterocycles. The summed E-state index contributed by atoms with van der Waals surface area (Å²) >= 11 is 0. The van der Waals surface area contributed by atoms with E-state index in [0.29, 0.717) is 18.9 Å². The van der Waals surface area contributed by atoms with E-state index in [1.807, 2.05) is 13.8 Å². The van der Waals surface area contributed by atoms with E-state index in [0.717, 1.165) is 38.9 Å². The summed E-state index contributed by atoms with van der Waals surface area (Å²) in [4.78, 5) is 24.4. The van der Waals surface area contributed by atoms with Crippen LogP contribution in [0.2, 0.25) is 0 Å². The zero-order chi connectivity index (χ0) is 15.0. The highest BCUT2D eigenvalue weighted by molar-refractivity contribution is 5.77. The molecule has 1 fully saturated rings. The van der Waals surface area contributed by atoms with Crippen LogP contribution in [0, 0.1) is 5.92 Å². The summed E-state index contributed by atoms with van der Waals surface area (Å²) in [5.41, 5.74) is 0. The summed E-state index contributed by atoms with van der Waals surface area (Å²) in [6, 6.07) is 0.0601. The molecule has 5 nitrogen and oxygen atoms in total. The molecule has 0 aromatic carbocycles. The van der Waals surface area contributed by atoms with Crippen molar-refractivity contribution in [3.63, 3.8) is 0 Å². The van der Waals surface area contributed by atoms with Gasteiger partial charge in [0, 0.05) is 32.2 Å². The standard InChI is InChI=1S/C15H27NO4/c1-12(2)16(9-6-15(18)19)14(17)5-3-4-13-7-10-20-11-8-13/h12-13H,3-11H2,1-2H3,(H,18,19). The van der Waals surface area contributed by atoms with Crippen molar-refractivity contribution >= 4 is 11.9 Å². The summed E-state index contributed by atoms with van der Waals surface area (Å²) in [5.74, 6) is -0.0953. The fourth-order valence-corrected chi connectivity index (χ4v) is 2.61. The largest absolute Gasteiger partial charge is 0.481 e. The van der Waals surface area contributed by atoms with Crippen LogP contribution in [0.1, 0.15) is 52.4 Å². The molecule has 20 heavy (non-hydrogen) atoms. The number of nitrogens with zero attached hydrogens (tertiary/aromatic N) is 1. The van der Waals surface area contributed by atoms with Crippen molar-refractivity contribution in [1.82, 2.24) is 4.90 Å². The molecule has 0 atom stereocenters. The molecule has 116 valence electrons. The van der Waals surface area contributed by atoms with Crippen molar-refractivity contribution in [2.45, 2.75) is 58.4 Å². The third-order valence-electron chi connectivity index (χ3n) is 3.85. The van der Waals surface area contributed by atoms with Crippen molar-refractivity contribution < 1.29 is 19.4 Å². The lowest BCUT2D eigenvalue weighted by Crippen LogP contribution is -2.38. The van der Waals surface area contributed by atoms with Gasteiger partial charge in [-0.15, -0.1) is 0 Å². The van der Waals surface area contributed by atoms with E-state index in [9.17, 15) is 9.59 Å². The van der Waals surface area contributed by atoms with Gasteiger partial charge >= 0.3 is 5.97 Å². The Balaban J connectivity index is 2.28. The lowest BCUT2D eigenvalue weighted by Gasteiger charge is -2.27. The smallest absolute Gasteiger partial charge is 0.305 e. The molecular formula is C15H27NO4. The van der Waals surface area contributed by atoms with E-state index >= 15 is 0 Å². The monoisotopic (exact) mass is 285 g/mol. The third kappa shape index (κ3) is 6.37. The highest BCUT2D eigenvalue weighted by Gasteiger charge is 2.19. The molecule has 1 aliphatic rings. The van der Waals surface area contributed by atoms with Gasteiger partial charge in [0.1, 0.15) is 0 Å². The van der Waals surface area contributed by atoms with Gasteiger partial charge in [-0.05, 0) is 45.4 Å². The molecule has 1 rings (SSSR count).